The maximum Gasteiger partial charge on any atom is 0.244 e. The van der Waals surface area contributed by atoms with Crippen molar-refractivity contribution in [2.45, 2.75) is 20.3 Å². The molecule has 2 aromatic carbocycles. The predicted molar refractivity (Wildman–Crippen MR) is 88.1 cm³/mol. The first-order valence-electron chi connectivity index (χ1n) is 7.22. The van der Waals surface area contributed by atoms with Crippen molar-refractivity contribution in [3.05, 3.63) is 76.9 Å². The Labute approximate surface area is 126 Å². The first kappa shape index (κ1) is 15.0. The Morgan fingerprint density at radius 3 is 2.67 bits per heavy atom. The van der Waals surface area contributed by atoms with Crippen molar-refractivity contribution in [1.29, 1.82) is 0 Å². The van der Waals surface area contributed by atoms with E-state index in [9.17, 15) is 4.79 Å². The molecule has 0 aliphatic rings. The molecule has 0 heterocycles. The molecule has 0 fully saturated rings. The van der Waals surface area contributed by atoms with Crippen LogP contribution in [0, 0.1) is 13.8 Å². The molecule has 21 heavy (non-hydrogen) atoms. The first-order valence-corrected chi connectivity index (χ1v) is 7.22. The monoisotopic (exact) mass is 279 g/mol. The van der Waals surface area contributed by atoms with Gasteiger partial charge in [-0.05, 0) is 43.0 Å². The molecule has 108 valence electrons. The highest BCUT2D eigenvalue weighted by molar-refractivity contribution is 5.91. The van der Waals surface area contributed by atoms with E-state index < -0.39 is 0 Å². The Hall–Kier alpha value is -2.35. The molecule has 0 spiro atoms. The van der Waals surface area contributed by atoms with Crippen LogP contribution in [0.25, 0.3) is 6.08 Å². The van der Waals surface area contributed by atoms with Crippen molar-refractivity contribution in [3.63, 3.8) is 0 Å². The molecule has 0 aliphatic carbocycles. The van der Waals surface area contributed by atoms with Crippen LogP contribution in [0.2, 0.25) is 0 Å². The van der Waals surface area contributed by atoms with E-state index in [0.29, 0.717) is 6.54 Å². The third-order valence-corrected chi connectivity index (χ3v) is 3.42. The molecule has 0 radical (unpaired) electrons. The second kappa shape index (κ2) is 7.44. The van der Waals surface area contributed by atoms with E-state index in [4.69, 9.17) is 0 Å². The van der Waals surface area contributed by atoms with Crippen molar-refractivity contribution in [1.82, 2.24) is 5.32 Å². The molecule has 0 unspecified atom stereocenters. The van der Waals surface area contributed by atoms with Gasteiger partial charge in [-0.15, -0.1) is 0 Å². The number of amides is 1. The van der Waals surface area contributed by atoms with Crippen LogP contribution < -0.4 is 5.32 Å². The molecule has 1 N–H and O–H groups in total. The number of hydrogen-bond donors (Lipinski definition) is 1. The van der Waals surface area contributed by atoms with Crippen LogP contribution in [-0.2, 0) is 11.2 Å². The van der Waals surface area contributed by atoms with Gasteiger partial charge in [0.15, 0.2) is 0 Å². The summed E-state index contributed by atoms with van der Waals surface area (Å²) < 4.78 is 0. The van der Waals surface area contributed by atoms with E-state index in [0.717, 1.165) is 12.0 Å². The normalized spacial score (nSPS) is 10.8. The molecule has 0 bridgehead atoms. The molecule has 2 heteroatoms. The number of rotatable bonds is 5. The van der Waals surface area contributed by atoms with Gasteiger partial charge in [-0.1, -0.05) is 54.1 Å². The van der Waals surface area contributed by atoms with Crippen LogP contribution >= 0.6 is 0 Å². The van der Waals surface area contributed by atoms with Gasteiger partial charge in [0.05, 0.1) is 0 Å². The summed E-state index contributed by atoms with van der Waals surface area (Å²) in [6.45, 7) is 4.79. The Morgan fingerprint density at radius 2 is 1.90 bits per heavy atom. The van der Waals surface area contributed by atoms with Gasteiger partial charge in [0.1, 0.15) is 0 Å². The van der Waals surface area contributed by atoms with Crippen LogP contribution in [0.1, 0.15) is 22.3 Å². The maximum atomic E-state index is 11.8. The Balaban J connectivity index is 1.81. The van der Waals surface area contributed by atoms with E-state index in [1.165, 1.54) is 16.7 Å². The summed E-state index contributed by atoms with van der Waals surface area (Å²) in [5.74, 6) is -0.0508. The number of carbonyl (C=O) groups is 1. The van der Waals surface area contributed by atoms with Crippen LogP contribution in [-0.4, -0.2) is 12.5 Å². The summed E-state index contributed by atoms with van der Waals surface area (Å²) in [6, 6.07) is 16.3. The number of benzene rings is 2. The highest BCUT2D eigenvalue weighted by atomic mass is 16.1. The summed E-state index contributed by atoms with van der Waals surface area (Å²) in [7, 11) is 0. The molecular formula is C19H21NO. The fraction of sp³-hybridized carbons (Fsp3) is 0.211. The van der Waals surface area contributed by atoms with Crippen molar-refractivity contribution in [3.8, 4) is 0 Å². The van der Waals surface area contributed by atoms with Gasteiger partial charge < -0.3 is 5.32 Å². The van der Waals surface area contributed by atoms with Gasteiger partial charge in [-0.25, -0.2) is 0 Å². The lowest BCUT2D eigenvalue weighted by Crippen LogP contribution is -2.23. The standard InChI is InChI=1S/C19H21NO/c1-15-6-5-8-17(14-15)10-11-19(21)20-13-12-18-9-4-3-7-16(18)2/h3-11,14H,12-13H2,1-2H3,(H,20,21)/b11-10+. The third-order valence-electron chi connectivity index (χ3n) is 3.42. The third kappa shape index (κ3) is 4.92. The first-order chi connectivity index (χ1) is 10.1. The molecule has 0 saturated heterocycles. The number of hydrogen-bond acceptors (Lipinski definition) is 1. The lowest BCUT2D eigenvalue weighted by Gasteiger charge is -2.05. The minimum Gasteiger partial charge on any atom is -0.352 e. The van der Waals surface area contributed by atoms with Gasteiger partial charge >= 0.3 is 0 Å². The van der Waals surface area contributed by atoms with Crippen molar-refractivity contribution in [2.75, 3.05) is 6.54 Å². The minimum absolute atomic E-state index is 0.0508. The Kier molecular flexibility index (Phi) is 5.33. The van der Waals surface area contributed by atoms with E-state index in [1.54, 1.807) is 6.08 Å². The summed E-state index contributed by atoms with van der Waals surface area (Å²) in [4.78, 5) is 11.8. The fourth-order valence-electron chi connectivity index (χ4n) is 2.22. The van der Waals surface area contributed by atoms with Gasteiger partial charge in [0.25, 0.3) is 0 Å². The molecule has 0 aromatic heterocycles. The molecule has 0 atom stereocenters. The van der Waals surface area contributed by atoms with E-state index >= 15 is 0 Å². The molecule has 0 aliphatic heterocycles. The molecule has 1 amide bonds. The highest BCUT2D eigenvalue weighted by Gasteiger charge is 1.99. The maximum absolute atomic E-state index is 11.8. The highest BCUT2D eigenvalue weighted by Crippen LogP contribution is 2.07. The smallest absolute Gasteiger partial charge is 0.244 e. The van der Waals surface area contributed by atoms with Crippen molar-refractivity contribution >= 4 is 12.0 Å². The molecular weight excluding hydrogens is 258 g/mol. The summed E-state index contributed by atoms with van der Waals surface area (Å²) >= 11 is 0. The molecule has 2 aromatic rings. The summed E-state index contributed by atoms with van der Waals surface area (Å²) in [6.07, 6.45) is 4.29. The second-order valence-corrected chi connectivity index (χ2v) is 5.21. The zero-order valence-electron chi connectivity index (χ0n) is 12.6. The van der Waals surface area contributed by atoms with E-state index in [1.807, 2.05) is 43.3 Å². The van der Waals surface area contributed by atoms with Crippen molar-refractivity contribution in [2.24, 2.45) is 0 Å². The van der Waals surface area contributed by atoms with Crippen LogP contribution in [0.15, 0.2) is 54.6 Å². The number of nitrogens with one attached hydrogen (secondary N) is 1. The van der Waals surface area contributed by atoms with E-state index in [-0.39, 0.29) is 5.91 Å². The topological polar surface area (TPSA) is 29.1 Å². The van der Waals surface area contributed by atoms with Gasteiger partial charge in [0.2, 0.25) is 5.91 Å². The zero-order valence-corrected chi connectivity index (χ0v) is 12.6. The average Bonchev–Trinajstić information content (AvgIpc) is 2.47. The largest absolute Gasteiger partial charge is 0.352 e. The number of aryl methyl sites for hydroxylation is 2. The number of carbonyl (C=O) groups excluding carboxylic acids is 1. The van der Waals surface area contributed by atoms with Crippen LogP contribution in [0.4, 0.5) is 0 Å². The van der Waals surface area contributed by atoms with Gasteiger partial charge in [-0.3, -0.25) is 4.79 Å². The fourth-order valence-corrected chi connectivity index (χ4v) is 2.22. The zero-order chi connectivity index (χ0) is 15.1. The van der Waals surface area contributed by atoms with Gasteiger partial charge in [-0.2, -0.15) is 0 Å². The van der Waals surface area contributed by atoms with Gasteiger partial charge in [0, 0.05) is 12.6 Å². The average molecular weight is 279 g/mol. The lowest BCUT2D eigenvalue weighted by molar-refractivity contribution is -0.116. The quantitative estimate of drug-likeness (QED) is 0.831. The van der Waals surface area contributed by atoms with Crippen molar-refractivity contribution < 1.29 is 4.79 Å². The predicted octanol–water partition coefficient (Wildman–Crippen LogP) is 3.68. The molecule has 2 nitrogen and oxygen atoms in total. The van der Waals surface area contributed by atoms with Crippen LogP contribution in [0.3, 0.4) is 0 Å². The lowest BCUT2D eigenvalue weighted by atomic mass is 10.1. The Bertz CT molecular complexity index is 644. The Morgan fingerprint density at radius 1 is 1.10 bits per heavy atom. The van der Waals surface area contributed by atoms with Crippen LogP contribution in [0.5, 0.6) is 0 Å². The molecule has 0 saturated carbocycles. The second-order valence-electron chi connectivity index (χ2n) is 5.21. The SMILES string of the molecule is Cc1cccc(/C=C/C(=O)NCCc2ccccc2C)c1. The summed E-state index contributed by atoms with van der Waals surface area (Å²) in [5, 5.41) is 2.92. The molecule has 2 rings (SSSR count). The van der Waals surface area contributed by atoms with E-state index in [2.05, 4.69) is 30.4 Å². The summed E-state index contributed by atoms with van der Waals surface area (Å²) in [5.41, 5.74) is 4.78. The minimum atomic E-state index is -0.0508.